The van der Waals surface area contributed by atoms with Gasteiger partial charge in [-0.25, -0.2) is 0 Å². The summed E-state index contributed by atoms with van der Waals surface area (Å²) in [4.78, 5) is 12.2. The van der Waals surface area contributed by atoms with Crippen molar-refractivity contribution in [2.45, 2.75) is 131 Å². The molecule has 0 bridgehead atoms. The van der Waals surface area contributed by atoms with Crippen molar-refractivity contribution in [3.8, 4) is 0 Å². The van der Waals surface area contributed by atoms with Gasteiger partial charge < -0.3 is 4.74 Å². The summed E-state index contributed by atoms with van der Waals surface area (Å²) in [5.74, 6) is 0.410. The lowest BCUT2D eigenvalue weighted by Crippen LogP contribution is -2.21. The summed E-state index contributed by atoms with van der Waals surface area (Å²) < 4.78 is 5.80. The highest BCUT2D eigenvalue weighted by molar-refractivity contribution is 5.69. The fraction of sp³-hybridized carbons (Fsp3) is 0.957. The molecule has 0 spiro atoms. The van der Waals surface area contributed by atoms with Crippen LogP contribution < -0.4 is 0 Å². The maximum atomic E-state index is 12.2. The highest BCUT2D eigenvalue weighted by Gasteiger charge is 2.20. The molecule has 0 aromatic carbocycles. The van der Waals surface area contributed by atoms with E-state index >= 15 is 0 Å². The molecule has 2 unspecified atom stereocenters. The first-order valence-corrected chi connectivity index (χ1v) is 11.0. The molecule has 0 aromatic heterocycles. The minimum absolute atomic E-state index is 0.00904. The molecule has 0 aliphatic carbocycles. The van der Waals surface area contributed by atoms with Crippen LogP contribution in [0.15, 0.2) is 0 Å². The minimum Gasteiger partial charge on any atom is -0.462 e. The number of carbonyl (C=O) groups is 1. The predicted octanol–water partition coefficient (Wildman–Crippen LogP) is 7.69. The fourth-order valence-electron chi connectivity index (χ4n) is 3.73. The average molecular weight is 355 g/mol. The number of unbranched alkanes of at least 4 members (excludes halogenated alkanes) is 7. The number of hydrogen-bond donors (Lipinski definition) is 0. The Balaban J connectivity index is 3.94. The zero-order valence-corrected chi connectivity index (χ0v) is 18.2. The summed E-state index contributed by atoms with van der Waals surface area (Å²) in [6, 6.07) is 0. The van der Waals surface area contributed by atoms with Crippen LogP contribution in [0.2, 0.25) is 0 Å². The van der Waals surface area contributed by atoms with Gasteiger partial charge in [0.2, 0.25) is 0 Å². The van der Waals surface area contributed by atoms with Gasteiger partial charge in [0.15, 0.2) is 0 Å². The third-order valence-electron chi connectivity index (χ3n) is 4.76. The van der Waals surface area contributed by atoms with E-state index in [9.17, 15) is 4.79 Å². The lowest BCUT2D eigenvalue weighted by atomic mass is 9.84. The van der Waals surface area contributed by atoms with E-state index in [1.807, 2.05) is 0 Å². The summed E-state index contributed by atoms with van der Waals surface area (Å²) >= 11 is 0. The van der Waals surface area contributed by atoms with Crippen LogP contribution in [-0.4, -0.2) is 12.1 Å². The van der Waals surface area contributed by atoms with Crippen molar-refractivity contribution in [1.82, 2.24) is 0 Å². The van der Waals surface area contributed by atoms with Gasteiger partial charge in [0, 0.05) is 6.42 Å². The van der Waals surface area contributed by atoms with Gasteiger partial charge in [0.1, 0.15) is 6.10 Å². The number of hydrogen-bond acceptors (Lipinski definition) is 2. The van der Waals surface area contributed by atoms with Gasteiger partial charge >= 0.3 is 5.97 Å². The molecule has 0 aliphatic rings. The molecule has 0 N–H and O–H groups in total. The highest BCUT2D eigenvalue weighted by atomic mass is 16.5. The number of rotatable bonds is 15. The molecular weight excluding hydrogens is 308 g/mol. The number of carbonyl (C=O) groups excluding carboxylic acids is 1. The maximum absolute atomic E-state index is 12.2. The van der Waals surface area contributed by atoms with Gasteiger partial charge in [-0.05, 0) is 37.0 Å². The molecule has 2 heteroatoms. The second-order valence-electron chi connectivity index (χ2n) is 9.24. The summed E-state index contributed by atoms with van der Waals surface area (Å²) in [5.41, 5.74) is 0.277. The van der Waals surface area contributed by atoms with Crippen LogP contribution in [0, 0.1) is 11.3 Å². The molecule has 25 heavy (non-hydrogen) atoms. The number of ether oxygens (including phenoxy) is 1. The Labute approximate surface area is 158 Å². The molecule has 0 saturated carbocycles. The van der Waals surface area contributed by atoms with Crippen LogP contribution in [0.4, 0.5) is 0 Å². The molecule has 150 valence electrons. The minimum atomic E-state index is 0.00904. The van der Waals surface area contributed by atoms with E-state index in [1.54, 1.807) is 0 Å². The van der Waals surface area contributed by atoms with Gasteiger partial charge in [-0.2, -0.15) is 0 Å². The van der Waals surface area contributed by atoms with Crippen LogP contribution >= 0.6 is 0 Å². The van der Waals surface area contributed by atoms with Crippen molar-refractivity contribution in [1.29, 1.82) is 0 Å². The van der Waals surface area contributed by atoms with Crippen molar-refractivity contribution < 1.29 is 9.53 Å². The van der Waals surface area contributed by atoms with Crippen molar-refractivity contribution in [2.75, 3.05) is 0 Å². The molecular formula is C23H46O2. The van der Waals surface area contributed by atoms with E-state index in [2.05, 4.69) is 41.5 Å². The maximum Gasteiger partial charge on any atom is 0.306 e. The molecule has 0 aliphatic heterocycles. The highest BCUT2D eigenvalue weighted by Crippen LogP contribution is 2.26. The molecule has 2 nitrogen and oxygen atoms in total. The van der Waals surface area contributed by atoms with Gasteiger partial charge in [-0.15, -0.1) is 0 Å². The van der Waals surface area contributed by atoms with Crippen LogP contribution in [0.1, 0.15) is 125 Å². The topological polar surface area (TPSA) is 26.3 Å². The first kappa shape index (κ1) is 24.5. The van der Waals surface area contributed by atoms with E-state index in [0.29, 0.717) is 12.3 Å². The molecule has 0 fully saturated rings. The van der Waals surface area contributed by atoms with Crippen LogP contribution in [0.25, 0.3) is 0 Å². The Hall–Kier alpha value is -0.530. The van der Waals surface area contributed by atoms with E-state index in [0.717, 1.165) is 25.7 Å². The van der Waals surface area contributed by atoms with E-state index in [1.165, 1.54) is 51.4 Å². The van der Waals surface area contributed by atoms with Crippen LogP contribution in [0.3, 0.4) is 0 Å². The largest absolute Gasteiger partial charge is 0.462 e. The average Bonchev–Trinajstić information content (AvgIpc) is 2.47. The normalized spacial score (nSPS) is 14.3. The predicted molar refractivity (Wildman–Crippen MR) is 110 cm³/mol. The fourth-order valence-corrected chi connectivity index (χ4v) is 3.73. The Morgan fingerprint density at radius 3 is 1.92 bits per heavy atom. The van der Waals surface area contributed by atoms with Crippen molar-refractivity contribution in [2.24, 2.45) is 11.3 Å². The molecule has 0 amide bonds. The smallest absolute Gasteiger partial charge is 0.306 e. The third-order valence-corrected chi connectivity index (χ3v) is 4.76. The quantitative estimate of drug-likeness (QED) is 0.222. The summed E-state index contributed by atoms with van der Waals surface area (Å²) in [7, 11) is 0. The monoisotopic (exact) mass is 354 g/mol. The molecule has 0 aromatic rings. The first-order valence-electron chi connectivity index (χ1n) is 11.0. The molecule has 0 rings (SSSR count). The lowest BCUT2D eigenvalue weighted by molar-refractivity contribution is -0.151. The van der Waals surface area contributed by atoms with Crippen LogP contribution in [-0.2, 0) is 9.53 Å². The first-order chi connectivity index (χ1) is 11.8. The standard InChI is InChI=1S/C23H46O2/c1-7-9-10-11-12-13-14-15-17-21(16-8-2)25-22(24)18-20(3)19-23(4,5)6/h20-21H,7-19H2,1-6H3. The Bertz CT molecular complexity index is 317. The second-order valence-corrected chi connectivity index (χ2v) is 9.24. The Morgan fingerprint density at radius 2 is 1.40 bits per heavy atom. The van der Waals surface area contributed by atoms with Gasteiger partial charge in [-0.1, -0.05) is 92.9 Å². The molecule has 0 radical (unpaired) electrons. The molecule has 0 heterocycles. The summed E-state index contributed by atoms with van der Waals surface area (Å²) in [6.07, 6.45) is 15.6. The van der Waals surface area contributed by atoms with Crippen molar-refractivity contribution in [3.05, 3.63) is 0 Å². The van der Waals surface area contributed by atoms with Gasteiger partial charge in [0.25, 0.3) is 0 Å². The van der Waals surface area contributed by atoms with Crippen LogP contribution in [0.5, 0.6) is 0 Å². The summed E-state index contributed by atoms with van der Waals surface area (Å²) in [5, 5.41) is 0. The van der Waals surface area contributed by atoms with Crippen molar-refractivity contribution in [3.63, 3.8) is 0 Å². The molecule has 2 atom stereocenters. The van der Waals surface area contributed by atoms with E-state index in [-0.39, 0.29) is 17.5 Å². The zero-order valence-electron chi connectivity index (χ0n) is 18.2. The van der Waals surface area contributed by atoms with E-state index < -0.39 is 0 Å². The Morgan fingerprint density at radius 1 is 0.840 bits per heavy atom. The lowest BCUT2D eigenvalue weighted by Gasteiger charge is -2.24. The van der Waals surface area contributed by atoms with Gasteiger partial charge in [-0.3, -0.25) is 4.79 Å². The Kier molecular flexibility index (Phi) is 14.3. The number of esters is 1. The van der Waals surface area contributed by atoms with E-state index in [4.69, 9.17) is 4.74 Å². The zero-order chi connectivity index (χ0) is 19.1. The SMILES string of the molecule is CCCCCCCCCCC(CCC)OC(=O)CC(C)CC(C)(C)C. The van der Waals surface area contributed by atoms with Gasteiger partial charge in [0.05, 0.1) is 0 Å². The molecule has 0 saturated heterocycles. The van der Waals surface area contributed by atoms with Crippen molar-refractivity contribution >= 4 is 5.97 Å². The summed E-state index contributed by atoms with van der Waals surface area (Å²) in [6.45, 7) is 13.3. The second kappa shape index (κ2) is 14.6. The third kappa shape index (κ3) is 16.7.